The Hall–Kier alpha value is -3.45. The molecule has 30 heavy (non-hydrogen) atoms. The number of ether oxygens (including phenoxy) is 1. The maximum absolute atomic E-state index is 14.0. The average molecular weight is 405 g/mol. The summed E-state index contributed by atoms with van der Waals surface area (Å²) >= 11 is 0. The summed E-state index contributed by atoms with van der Waals surface area (Å²) in [7, 11) is 3.13. The fraction of sp³-hybridized carbons (Fsp3) is 0.217. The average Bonchev–Trinajstić information content (AvgIpc) is 3.12. The normalized spacial score (nSPS) is 16.0. The lowest BCUT2D eigenvalue weighted by molar-refractivity contribution is 0.0477. The van der Waals surface area contributed by atoms with Crippen LogP contribution in [0, 0.1) is 5.82 Å². The molecule has 0 radical (unpaired) electrons. The monoisotopic (exact) mass is 405 g/mol. The summed E-state index contributed by atoms with van der Waals surface area (Å²) in [5.74, 6) is -0.364. The molecule has 0 fully saturated rings. The van der Waals surface area contributed by atoms with Crippen LogP contribution in [0.15, 0.2) is 64.2 Å². The maximum Gasteiger partial charge on any atom is 0.331 e. The number of aromatic nitrogens is 3. The number of rotatable bonds is 2. The van der Waals surface area contributed by atoms with Gasteiger partial charge in [-0.3, -0.25) is 13.9 Å². The van der Waals surface area contributed by atoms with Gasteiger partial charge in [0.15, 0.2) is 0 Å². The van der Waals surface area contributed by atoms with Crippen LogP contribution in [-0.4, -0.2) is 20.3 Å². The van der Waals surface area contributed by atoms with Crippen molar-refractivity contribution in [2.24, 2.45) is 14.1 Å². The van der Waals surface area contributed by atoms with Crippen molar-refractivity contribution in [3.05, 3.63) is 92.5 Å². The highest BCUT2D eigenvalue weighted by Crippen LogP contribution is 2.40. The molecule has 0 N–H and O–H groups in total. The van der Waals surface area contributed by atoms with Crippen LogP contribution in [0.4, 0.5) is 4.39 Å². The van der Waals surface area contributed by atoms with Crippen molar-refractivity contribution >= 4 is 10.9 Å². The van der Waals surface area contributed by atoms with Gasteiger partial charge >= 0.3 is 5.69 Å². The van der Waals surface area contributed by atoms with Gasteiger partial charge in [-0.2, -0.15) is 0 Å². The molecule has 3 heterocycles. The van der Waals surface area contributed by atoms with Crippen LogP contribution in [0.3, 0.4) is 0 Å². The van der Waals surface area contributed by atoms with Crippen LogP contribution < -0.4 is 11.2 Å². The van der Waals surface area contributed by atoms with E-state index in [0.717, 1.165) is 15.8 Å². The summed E-state index contributed by atoms with van der Waals surface area (Å²) in [6, 6.07) is 15.9. The van der Waals surface area contributed by atoms with Gasteiger partial charge in [-0.15, -0.1) is 0 Å². The summed E-state index contributed by atoms with van der Waals surface area (Å²) in [5.41, 5.74) is 2.72. The van der Waals surface area contributed by atoms with Crippen molar-refractivity contribution in [2.75, 3.05) is 6.61 Å². The molecular formula is C23H20FN3O3. The SMILES string of the molecule is Cn1c(=O)c2c(-c3ccccc3)n3c(c2n(C)c1=O)[C@@H](c1cccc(F)c1)OCC3. The van der Waals surface area contributed by atoms with Crippen LogP contribution >= 0.6 is 0 Å². The molecule has 1 aliphatic heterocycles. The highest BCUT2D eigenvalue weighted by atomic mass is 19.1. The third-order valence-corrected chi connectivity index (χ3v) is 5.75. The Labute approximate surface area is 171 Å². The Balaban J connectivity index is 1.96. The third kappa shape index (κ3) is 2.59. The molecule has 0 bridgehead atoms. The number of hydrogen-bond acceptors (Lipinski definition) is 3. The highest BCUT2D eigenvalue weighted by molar-refractivity contribution is 5.96. The van der Waals surface area contributed by atoms with Crippen molar-refractivity contribution in [2.45, 2.75) is 12.6 Å². The Morgan fingerprint density at radius 2 is 1.77 bits per heavy atom. The Morgan fingerprint density at radius 3 is 2.50 bits per heavy atom. The quantitative estimate of drug-likeness (QED) is 0.515. The van der Waals surface area contributed by atoms with Crippen molar-refractivity contribution in [3.8, 4) is 11.3 Å². The zero-order chi connectivity index (χ0) is 21.0. The molecule has 0 aliphatic carbocycles. The molecule has 0 amide bonds. The molecule has 0 saturated carbocycles. The van der Waals surface area contributed by atoms with Crippen molar-refractivity contribution in [1.82, 2.24) is 13.7 Å². The van der Waals surface area contributed by atoms with Gasteiger partial charge in [0.1, 0.15) is 11.9 Å². The lowest BCUT2D eigenvalue weighted by atomic mass is 10.0. The molecule has 0 unspecified atom stereocenters. The zero-order valence-corrected chi connectivity index (χ0v) is 16.6. The van der Waals surface area contributed by atoms with Crippen LogP contribution in [-0.2, 0) is 25.4 Å². The first-order valence-electron chi connectivity index (χ1n) is 9.73. The minimum atomic E-state index is -0.591. The molecule has 1 atom stereocenters. The van der Waals surface area contributed by atoms with Gasteiger partial charge < -0.3 is 9.30 Å². The first-order valence-corrected chi connectivity index (χ1v) is 9.73. The molecule has 0 spiro atoms. The third-order valence-electron chi connectivity index (χ3n) is 5.75. The minimum Gasteiger partial charge on any atom is -0.365 e. The molecule has 2 aromatic carbocycles. The van der Waals surface area contributed by atoms with Crippen LogP contribution in [0.1, 0.15) is 17.4 Å². The van der Waals surface area contributed by atoms with Gasteiger partial charge in [0.05, 0.1) is 28.9 Å². The lowest BCUT2D eigenvalue weighted by Crippen LogP contribution is -2.37. The molecule has 1 aliphatic rings. The van der Waals surface area contributed by atoms with E-state index in [1.54, 1.807) is 19.2 Å². The van der Waals surface area contributed by atoms with Crippen LogP contribution in [0.2, 0.25) is 0 Å². The summed E-state index contributed by atoms with van der Waals surface area (Å²) in [5, 5.41) is 0.465. The van der Waals surface area contributed by atoms with Crippen LogP contribution in [0.25, 0.3) is 22.2 Å². The van der Waals surface area contributed by atoms with E-state index in [-0.39, 0.29) is 11.4 Å². The van der Waals surface area contributed by atoms with E-state index in [9.17, 15) is 14.0 Å². The lowest BCUT2D eigenvalue weighted by Gasteiger charge is -2.27. The number of nitrogens with zero attached hydrogens (tertiary/aromatic N) is 3. The van der Waals surface area contributed by atoms with Gasteiger partial charge in [-0.25, -0.2) is 9.18 Å². The summed E-state index contributed by atoms with van der Waals surface area (Å²) in [6.45, 7) is 0.931. The molecule has 4 aromatic rings. The van der Waals surface area contributed by atoms with Gasteiger partial charge in [-0.1, -0.05) is 42.5 Å². The number of hydrogen-bond donors (Lipinski definition) is 0. The molecule has 0 saturated heterocycles. The molecule has 7 heteroatoms. The summed E-state index contributed by atoms with van der Waals surface area (Å²) < 4.78 is 24.7. The minimum absolute atomic E-state index is 0.355. The van der Waals surface area contributed by atoms with E-state index < -0.39 is 11.8 Å². The van der Waals surface area contributed by atoms with Gasteiger partial charge in [0.2, 0.25) is 0 Å². The largest absolute Gasteiger partial charge is 0.365 e. The van der Waals surface area contributed by atoms with Crippen molar-refractivity contribution < 1.29 is 9.13 Å². The van der Waals surface area contributed by atoms with E-state index in [4.69, 9.17) is 4.74 Å². The van der Waals surface area contributed by atoms with E-state index >= 15 is 0 Å². The Kier molecular flexibility index (Phi) is 4.22. The van der Waals surface area contributed by atoms with Gasteiger partial charge in [-0.05, 0) is 23.3 Å². The summed E-state index contributed by atoms with van der Waals surface area (Å²) in [6.07, 6.45) is -0.591. The number of halogens is 1. The van der Waals surface area contributed by atoms with Gasteiger partial charge in [0, 0.05) is 20.6 Å². The standard InChI is InChI=1S/C23H20FN3O3/c1-25-19-17(22(28)26(2)23(25)29)18(14-7-4-3-5-8-14)27-11-12-30-21(20(19)27)15-9-6-10-16(24)13-15/h3-10,13,21H,11-12H2,1-2H3/t21-/m1/s1. The second kappa shape index (κ2) is 6.81. The number of benzene rings is 2. The van der Waals surface area contributed by atoms with Crippen LogP contribution in [0.5, 0.6) is 0 Å². The molecule has 2 aromatic heterocycles. The molecule has 6 nitrogen and oxygen atoms in total. The second-order valence-electron chi connectivity index (χ2n) is 7.49. The molecule has 152 valence electrons. The van der Waals surface area contributed by atoms with E-state index in [1.807, 2.05) is 34.9 Å². The number of aryl methyl sites for hydroxylation is 1. The number of fused-ring (bicyclic) bond motifs is 3. The predicted molar refractivity (Wildman–Crippen MR) is 112 cm³/mol. The molecule has 5 rings (SSSR count). The molecular weight excluding hydrogens is 385 g/mol. The van der Waals surface area contributed by atoms with Crippen molar-refractivity contribution in [1.29, 1.82) is 0 Å². The fourth-order valence-electron chi connectivity index (χ4n) is 4.40. The Morgan fingerprint density at radius 1 is 1.00 bits per heavy atom. The topological polar surface area (TPSA) is 58.2 Å². The van der Waals surface area contributed by atoms with E-state index in [2.05, 4.69) is 0 Å². The smallest absolute Gasteiger partial charge is 0.331 e. The van der Waals surface area contributed by atoms with E-state index in [0.29, 0.717) is 35.3 Å². The van der Waals surface area contributed by atoms with Gasteiger partial charge in [0.25, 0.3) is 5.56 Å². The second-order valence-corrected chi connectivity index (χ2v) is 7.49. The van der Waals surface area contributed by atoms with E-state index in [1.165, 1.54) is 23.7 Å². The predicted octanol–water partition coefficient (Wildman–Crippen LogP) is 2.96. The maximum atomic E-state index is 14.0. The highest BCUT2D eigenvalue weighted by Gasteiger charge is 2.33. The first kappa shape index (κ1) is 18.6. The zero-order valence-electron chi connectivity index (χ0n) is 16.6. The fourth-order valence-corrected chi connectivity index (χ4v) is 4.40. The summed E-state index contributed by atoms with van der Waals surface area (Å²) in [4.78, 5) is 26.0. The Bertz CT molecular complexity index is 1400. The van der Waals surface area contributed by atoms with Crippen molar-refractivity contribution in [3.63, 3.8) is 0 Å². The first-order chi connectivity index (χ1) is 14.5.